The Morgan fingerprint density at radius 2 is 2.00 bits per heavy atom. The summed E-state index contributed by atoms with van der Waals surface area (Å²) in [5.74, 6) is -0.115. The summed E-state index contributed by atoms with van der Waals surface area (Å²) >= 11 is 0. The molecule has 0 atom stereocenters. The first kappa shape index (κ1) is 13.8. The van der Waals surface area contributed by atoms with Crippen molar-refractivity contribution in [3.63, 3.8) is 0 Å². The molecule has 1 fully saturated rings. The first-order valence-electron chi connectivity index (χ1n) is 6.61. The van der Waals surface area contributed by atoms with Gasteiger partial charge in [0, 0.05) is 38.8 Å². The highest BCUT2D eigenvalue weighted by atomic mass is 19.1. The van der Waals surface area contributed by atoms with Crippen LogP contribution in [0.25, 0.3) is 0 Å². The van der Waals surface area contributed by atoms with Crippen molar-refractivity contribution in [2.24, 2.45) is 5.73 Å². The van der Waals surface area contributed by atoms with Crippen LogP contribution in [-0.2, 0) is 11.2 Å². The zero-order valence-electron chi connectivity index (χ0n) is 11.2. The van der Waals surface area contributed by atoms with Gasteiger partial charge in [0.1, 0.15) is 5.82 Å². The molecule has 1 aromatic rings. The molecular formula is C14H20FN3O. The van der Waals surface area contributed by atoms with Crippen molar-refractivity contribution in [2.45, 2.75) is 13.3 Å². The first-order valence-corrected chi connectivity index (χ1v) is 6.61. The maximum Gasteiger partial charge on any atom is 0.219 e. The fraction of sp³-hybridized carbons (Fsp3) is 0.500. The molecule has 5 heteroatoms. The maximum atomic E-state index is 13.3. The maximum absolute atomic E-state index is 13.3. The van der Waals surface area contributed by atoms with Gasteiger partial charge in [0.25, 0.3) is 0 Å². The summed E-state index contributed by atoms with van der Waals surface area (Å²) in [6.07, 6.45) is 0.667. The lowest BCUT2D eigenvalue weighted by atomic mass is 10.1. The number of benzene rings is 1. The van der Waals surface area contributed by atoms with E-state index in [0.29, 0.717) is 13.0 Å². The van der Waals surface area contributed by atoms with Crippen LogP contribution in [0.1, 0.15) is 12.5 Å². The Kier molecular flexibility index (Phi) is 4.37. The monoisotopic (exact) mass is 265 g/mol. The normalized spacial score (nSPS) is 15.7. The van der Waals surface area contributed by atoms with Crippen molar-refractivity contribution in [1.29, 1.82) is 0 Å². The molecule has 104 valence electrons. The quantitative estimate of drug-likeness (QED) is 0.887. The predicted octanol–water partition coefficient (Wildman–Crippen LogP) is 0.995. The van der Waals surface area contributed by atoms with Gasteiger partial charge >= 0.3 is 0 Å². The molecule has 0 saturated carbocycles. The molecule has 1 aromatic carbocycles. The number of hydrogen-bond acceptors (Lipinski definition) is 3. The van der Waals surface area contributed by atoms with Gasteiger partial charge in [-0.25, -0.2) is 4.39 Å². The molecule has 2 N–H and O–H groups in total. The minimum atomic E-state index is -0.227. The first-order chi connectivity index (χ1) is 9.11. The zero-order valence-corrected chi connectivity index (χ0v) is 11.2. The number of anilines is 1. The summed E-state index contributed by atoms with van der Waals surface area (Å²) in [5, 5.41) is 0. The van der Waals surface area contributed by atoms with Crippen LogP contribution in [0.2, 0.25) is 0 Å². The smallest absolute Gasteiger partial charge is 0.219 e. The lowest BCUT2D eigenvalue weighted by Crippen LogP contribution is -2.48. The highest BCUT2D eigenvalue weighted by Gasteiger charge is 2.20. The molecule has 0 unspecified atom stereocenters. The molecular weight excluding hydrogens is 245 g/mol. The average Bonchev–Trinajstić information content (AvgIpc) is 2.39. The second-order valence-electron chi connectivity index (χ2n) is 4.80. The van der Waals surface area contributed by atoms with E-state index in [9.17, 15) is 9.18 Å². The summed E-state index contributed by atoms with van der Waals surface area (Å²) < 4.78 is 13.3. The molecule has 1 heterocycles. The largest absolute Gasteiger partial charge is 0.368 e. The number of rotatable bonds is 3. The molecule has 1 saturated heterocycles. The van der Waals surface area contributed by atoms with Crippen molar-refractivity contribution in [2.75, 3.05) is 37.6 Å². The van der Waals surface area contributed by atoms with Crippen LogP contribution in [0, 0.1) is 5.82 Å². The molecule has 1 amide bonds. The number of amides is 1. The van der Waals surface area contributed by atoms with Gasteiger partial charge < -0.3 is 15.5 Å². The van der Waals surface area contributed by atoms with E-state index in [1.165, 1.54) is 6.07 Å². The van der Waals surface area contributed by atoms with Crippen molar-refractivity contribution < 1.29 is 9.18 Å². The number of nitrogens with two attached hydrogens (primary N) is 1. The molecule has 0 aromatic heterocycles. The Balaban J connectivity index is 2.12. The van der Waals surface area contributed by atoms with Gasteiger partial charge in [0.15, 0.2) is 0 Å². The van der Waals surface area contributed by atoms with Gasteiger partial charge in [-0.1, -0.05) is 0 Å². The van der Waals surface area contributed by atoms with E-state index < -0.39 is 0 Å². The van der Waals surface area contributed by atoms with Crippen molar-refractivity contribution in [3.05, 3.63) is 29.6 Å². The van der Waals surface area contributed by atoms with Crippen molar-refractivity contribution >= 4 is 11.6 Å². The van der Waals surface area contributed by atoms with Gasteiger partial charge in [-0.2, -0.15) is 0 Å². The van der Waals surface area contributed by atoms with Crippen LogP contribution in [0.5, 0.6) is 0 Å². The van der Waals surface area contributed by atoms with E-state index in [2.05, 4.69) is 4.90 Å². The number of halogens is 1. The van der Waals surface area contributed by atoms with Gasteiger partial charge in [-0.15, -0.1) is 0 Å². The summed E-state index contributed by atoms with van der Waals surface area (Å²) in [5.41, 5.74) is 7.56. The van der Waals surface area contributed by atoms with Gasteiger partial charge in [-0.3, -0.25) is 4.79 Å². The number of carbonyl (C=O) groups is 1. The summed E-state index contributed by atoms with van der Waals surface area (Å²) in [6, 6.07) is 4.84. The van der Waals surface area contributed by atoms with Crippen molar-refractivity contribution in [1.82, 2.24) is 4.90 Å². The standard InChI is InChI=1S/C14H20FN3O/c1-11(19)17-6-8-18(9-7-17)14-3-2-13(15)10-12(14)4-5-16/h2-3,10H,4-9,16H2,1H3. The highest BCUT2D eigenvalue weighted by Crippen LogP contribution is 2.23. The van der Waals surface area contributed by atoms with E-state index in [4.69, 9.17) is 5.73 Å². The lowest BCUT2D eigenvalue weighted by molar-refractivity contribution is -0.129. The van der Waals surface area contributed by atoms with E-state index in [-0.39, 0.29) is 11.7 Å². The average molecular weight is 265 g/mol. The topological polar surface area (TPSA) is 49.6 Å². The fourth-order valence-electron chi connectivity index (χ4n) is 2.48. The van der Waals surface area contributed by atoms with Gasteiger partial charge in [-0.05, 0) is 36.7 Å². The van der Waals surface area contributed by atoms with E-state index >= 15 is 0 Å². The molecule has 1 aliphatic heterocycles. The van der Waals surface area contributed by atoms with Crippen LogP contribution in [0.15, 0.2) is 18.2 Å². The number of hydrogen-bond donors (Lipinski definition) is 1. The summed E-state index contributed by atoms with van der Waals surface area (Å²) in [7, 11) is 0. The van der Waals surface area contributed by atoms with Gasteiger partial charge in [0.2, 0.25) is 5.91 Å². The SMILES string of the molecule is CC(=O)N1CCN(c2ccc(F)cc2CCN)CC1. The summed E-state index contributed by atoms with van der Waals surface area (Å²) in [6.45, 7) is 5.09. The number of piperazine rings is 1. The molecule has 1 aliphatic rings. The summed E-state index contributed by atoms with van der Waals surface area (Å²) in [4.78, 5) is 15.3. The van der Waals surface area contributed by atoms with Crippen molar-refractivity contribution in [3.8, 4) is 0 Å². The Bertz CT molecular complexity index is 456. The van der Waals surface area contributed by atoms with Crippen LogP contribution >= 0.6 is 0 Å². The fourth-order valence-corrected chi connectivity index (χ4v) is 2.48. The Labute approximate surface area is 113 Å². The molecule has 2 rings (SSSR count). The van der Waals surface area contributed by atoms with Crippen LogP contribution in [0.3, 0.4) is 0 Å². The third-order valence-electron chi connectivity index (χ3n) is 3.52. The molecule has 19 heavy (non-hydrogen) atoms. The second-order valence-corrected chi connectivity index (χ2v) is 4.80. The van der Waals surface area contributed by atoms with E-state index in [1.54, 1.807) is 13.0 Å². The molecule has 4 nitrogen and oxygen atoms in total. The molecule has 0 spiro atoms. The highest BCUT2D eigenvalue weighted by molar-refractivity contribution is 5.73. The van der Waals surface area contributed by atoms with E-state index in [0.717, 1.165) is 37.4 Å². The lowest BCUT2D eigenvalue weighted by Gasteiger charge is -2.36. The minimum absolute atomic E-state index is 0.112. The third-order valence-corrected chi connectivity index (χ3v) is 3.52. The zero-order chi connectivity index (χ0) is 13.8. The van der Waals surface area contributed by atoms with Gasteiger partial charge in [0.05, 0.1) is 0 Å². The Morgan fingerprint density at radius 3 is 2.58 bits per heavy atom. The Hall–Kier alpha value is -1.62. The Morgan fingerprint density at radius 1 is 1.32 bits per heavy atom. The molecule has 0 radical (unpaired) electrons. The van der Waals surface area contributed by atoms with Crippen LogP contribution in [0.4, 0.5) is 10.1 Å². The van der Waals surface area contributed by atoms with Crippen LogP contribution in [-0.4, -0.2) is 43.5 Å². The number of carbonyl (C=O) groups excluding carboxylic acids is 1. The number of nitrogens with zero attached hydrogens (tertiary/aromatic N) is 2. The molecule has 0 bridgehead atoms. The predicted molar refractivity (Wildman–Crippen MR) is 73.6 cm³/mol. The second kappa shape index (κ2) is 6.02. The third kappa shape index (κ3) is 3.23. The van der Waals surface area contributed by atoms with Crippen LogP contribution < -0.4 is 10.6 Å². The molecule has 0 aliphatic carbocycles. The minimum Gasteiger partial charge on any atom is -0.368 e. The van der Waals surface area contributed by atoms with E-state index in [1.807, 2.05) is 11.0 Å².